The van der Waals surface area contributed by atoms with Crippen LogP contribution in [-0.2, 0) is 10.0 Å². The van der Waals surface area contributed by atoms with Gasteiger partial charge in [-0.2, -0.15) is 5.26 Å². The second kappa shape index (κ2) is 5.51. The summed E-state index contributed by atoms with van der Waals surface area (Å²) >= 11 is 0. The molecule has 0 amide bonds. The molecule has 0 atom stereocenters. The molecule has 0 saturated carbocycles. The number of fused-ring (bicyclic) bond motifs is 3. The minimum atomic E-state index is -3.60. The monoisotopic (exact) mass is 341 g/mol. The Kier molecular flexibility index (Phi) is 3.44. The number of nitrogens with zero attached hydrogens (tertiary/aromatic N) is 2. The summed E-state index contributed by atoms with van der Waals surface area (Å²) in [5.41, 5.74) is 1.29. The van der Waals surface area contributed by atoms with Crippen LogP contribution in [0.4, 0.5) is 0 Å². The van der Waals surface area contributed by atoms with Crippen LogP contribution in [0.15, 0.2) is 51.8 Å². The number of para-hydroxylation sites is 1. The average molecular weight is 341 g/mol. The van der Waals surface area contributed by atoms with Crippen LogP contribution in [0.2, 0.25) is 0 Å². The maximum absolute atomic E-state index is 12.5. The molecular weight excluding hydrogens is 326 g/mol. The molecule has 0 spiro atoms. The van der Waals surface area contributed by atoms with Gasteiger partial charge in [-0.05, 0) is 18.2 Å². The van der Waals surface area contributed by atoms with Crippen molar-refractivity contribution in [3.63, 3.8) is 0 Å². The molecule has 3 aromatic rings. The number of hydrogen-bond donors (Lipinski definition) is 1. The van der Waals surface area contributed by atoms with Gasteiger partial charge in [-0.25, -0.2) is 13.1 Å². The fourth-order valence-corrected chi connectivity index (χ4v) is 4.10. The third kappa shape index (κ3) is 2.50. The van der Waals surface area contributed by atoms with Crippen LogP contribution in [0.1, 0.15) is 0 Å². The Hall–Kier alpha value is -2.56. The molecule has 1 aromatic heterocycles. The SMILES string of the molecule is N#CN1CC(CNS(=O)(=O)c2ccc3c(c2)oc2ccccc23)C1. The molecule has 0 radical (unpaired) electrons. The van der Waals surface area contributed by atoms with Gasteiger partial charge in [-0.3, -0.25) is 0 Å². The molecule has 24 heavy (non-hydrogen) atoms. The molecule has 7 heteroatoms. The summed E-state index contributed by atoms with van der Waals surface area (Å²) in [6.07, 6.45) is 2.04. The molecule has 1 aliphatic heterocycles. The van der Waals surface area contributed by atoms with Gasteiger partial charge in [0, 0.05) is 42.4 Å². The second-order valence-electron chi connectivity index (χ2n) is 5.98. The lowest BCUT2D eigenvalue weighted by molar-refractivity contribution is 0.174. The van der Waals surface area contributed by atoms with Gasteiger partial charge in [0.15, 0.2) is 6.19 Å². The maximum atomic E-state index is 12.5. The lowest BCUT2D eigenvalue weighted by atomic mass is 10.0. The highest BCUT2D eigenvalue weighted by atomic mass is 32.2. The third-order valence-corrected chi connectivity index (χ3v) is 5.74. The Morgan fingerprint density at radius 2 is 1.92 bits per heavy atom. The Balaban J connectivity index is 1.58. The van der Waals surface area contributed by atoms with E-state index in [4.69, 9.17) is 9.68 Å². The van der Waals surface area contributed by atoms with Crippen molar-refractivity contribution in [2.45, 2.75) is 4.90 Å². The topological polar surface area (TPSA) is 86.3 Å². The Morgan fingerprint density at radius 3 is 2.71 bits per heavy atom. The van der Waals surface area contributed by atoms with Crippen LogP contribution in [0, 0.1) is 17.4 Å². The van der Waals surface area contributed by atoms with Gasteiger partial charge in [0.25, 0.3) is 0 Å². The van der Waals surface area contributed by atoms with Crippen molar-refractivity contribution in [2.75, 3.05) is 19.6 Å². The zero-order chi connectivity index (χ0) is 16.7. The number of nitriles is 1. The largest absolute Gasteiger partial charge is 0.456 e. The summed E-state index contributed by atoms with van der Waals surface area (Å²) in [4.78, 5) is 1.78. The van der Waals surface area contributed by atoms with Crippen LogP contribution in [0.3, 0.4) is 0 Å². The highest BCUT2D eigenvalue weighted by Crippen LogP contribution is 2.30. The average Bonchev–Trinajstić information content (AvgIpc) is 2.91. The minimum absolute atomic E-state index is 0.175. The number of sulfonamides is 1. The van der Waals surface area contributed by atoms with E-state index in [1.54, 1.807) is 23.1 Å². The Bertz CT molecular complexity index is 1060. The van der Waals surface area contributed by atoms with E-state index in [-0.39, 0.29) is 10.8 Å². The number of furan rings is 1. The van der Waals surface area contributed by atoms with Crippen molar-refractivity contribution in [3.05, 3.63) is 42.5 Å². The van der Waals surface area contributed by atoms with Gasteiger partial charge in [-0.1, -0.05) is 18.2 Å². The predicted octanol–water partition coefficient (Wildman–Crippen LogP) is 2.28. The van der Waals surface area contributed by atoms with Crippen LogP contribution in [-0.4, -0.2) is 33.0 Å². The van der Waals surface area contributed by atoms with Crippen molar-refractivity contribution in [1.82, 2.24) is 9.62 Å². The lowest BCUT2D eigenvalue weighted by Crippen LogP contribution is -2.48. The van der Waals surface area contributed by atoms with Crippen LogP contribution >= 0.6 is 0 Å². The first-order valence-electron chi connectivity index (χ1n) is 7.62. The fourth-order valence-electron chi connectivity index (χ4n) is 2.96. The van der Waals surface area contributed by atoms with E-state index in [0.717, 1.165) is 16.4 Å². The second-order valence-corrected chi connectivity index (χ2v) is 7.75. The summed E-state index contributed by atoms with van der Waals surface area (Å²) in [5.74, 6) is 0.175. The van der Waals surface area contributed by atoms with E-state index in [0.29, 0.717) is 25.2 Å². The standard InChI is InChI=1S/C17H15N3O3S/c18-11-20-9-12(10-20)8-19-24(21,22)13-5-6-15-14-3-1-2-4-16(14)23-17(15)7-13/h1-7,12,19H,8-10H2. The first-order chi connectivity index (χ1) is 11.6. The molecule has 0 unspecified atom stereocenters. The van der Waals surface area contributed by atoms with Crippen LogP contribution < -0.4 is 4.72 Å². The van der Waals surface area contributed by atoms with Crippen molar-refractivity contribution in [3.8, 4) is 6.19 Å². The summed E-state index contributed by atoms with van der Waals surface area (Å²) < 4.78 is 33.3. The molecular formula is C17H15N3O3S. The van der Waals surface area contributed by atoms with Gasteiger partial charge >= 0.3 is 0 Å². The van der Waals surface area contributed by atoms with Crippen molar-refractivity contribution >= 4 is 32.0 Å². The van der Waals surface area contributed by atoms with E-state index < -0.39 is 10.0 Å². The highest BCUT2D eigenvalue weighted by Gasteiger charge is 2.27. The van der Waals surface area contributed by atoms with Gasteiger partial charge < -0.3 is 9.32 Å². The first kappa shape index (κ1) is 15.0. The van der Waals surface area contributed by atoms with E-state index in [2.05, 4.69) is 4.72 Å². The molecule has 2 heterocycles. The molecule has 4 rings (SSSR count). The number of benzene rings is 2. The molecule has 6 nitrogen and oxygen atoms in total. The molecule has 1 fully saturated rings. The highest BCUT2D eigenvalue weighted by molar-refractivity contribution is 7.89. The Morgan fingerprint density at radius 1 is 1.17 bits per heavy atom. The minimum Gasteiger partial charge on any atom is -0.456 e. The number of nitrogens with one attached hydrogen (secondary N) is 1. The molecule has 1 saturated heterocycles. The lowest BCUT2D eigenvalue weighted by Gasteiger charge is -2.34. The van der Waals surface area contributed by atoms with Gasteiger partial charge in [-0.15, -0.1) is 0 Å². The van der Waals surface area contributed by atoms with Gasteiger partial charge in [0.2, 0.25) is 10.0 Å². The van der Waals surface area contributed by atoms with Crippen molar-refractivity contribution in [1.29, 1.82) is 5.26 Å². The van der Waals surface area contributed by atoms with E-state index in [1.165, 1.54) is 0 Å². The predicted molar refractivity (Wildman–Crippen MR) is 89.6 cm³/mol. The van der Waals surface area contributed by atoms with Crippen LogP contribution in [0.5, 0.6) is 0 Å². The van der Waals surface area contributed by atoms with Gasteiger partial charge in [0.1, 0.15) is 11.2 Å². The molecule has 122 valence electrons. The maximum Gasteiger partial charge on any atom is 0.240 e. The molecule has 0 aliphatic carbocycles. The zero-order valence-corrected chi connectivity index (χ0v) is 13.6. The number of rotatable bonds is 4. The quantitative estimate of drug-likeness (QED) is 0.736. The molecule has 1 N–H and O–H groups in total. The normalized spacial score (nSPS) is 15.5. The number of likely N-dealkylation sites (tertiary alicyclic amines) is 1. The number of hydrogen-bond acceptors (Lipinski definition) is 5. The smallest absolute Gasteiger partial charge is 0.240 e. The molecule has 2 aromatic carbocycles. The van der Waals surface area contributed by atoms with E-state index in [9.17, 15) is 8.42 Å². The van der Waals surface area contributed by atoms with E-state index >= 15 is 0 Å². The van der Waals surface area contributed by atoms with Crippen LogP contribution in [0.25, 0.3) is 21.9 Å². The Labute approximate surface area is 139 Å². The summed E-state index contributed by atoms with van der Waals surface area (Å²) in [7, 11) is -3.60. The molecule has 1 aliphatic rings. The summed E-state index contributed by atoms with van der Waals surface area (Å²) in [6.45, 7) is 1.53. The van der Waals surface area contributed by atoms with Crippen molar-refractivity contribution < 1.29 is 12.8 Å². The first-order valence-corrected chi connectivity index (χ1v) is 9.11. The third-order valence-electron chi connectivity index (χ3n) is 4.32. The summed E-state index contributed by atoms with van der Waals surface area (Å²) in [5, 5.41) is 10.6. The van der Waals surface area contributed by atoms with E-state index in [1.807, 2.05) is 30.5 Å². The van der Waals surface area contributed by atoms with Crippen molar-refractivity contribution in [2.24, 2.45) is 5.92 Å². The van der Waals surface area contributed by atoms with Gasteiger partial charge in [0.05, 0.1) is 4.90 Å². The zero-order valence-electron chi connectivity index (χ0n) is 12.8. The summed E-state index contributed by atoms with van der Waals surface area (Å²) in [6, 6.07) is 12.5. The fraction of sp³-hybridized carbons (Fsp3) is 0.235. The molecule has 0 bridgehead atoms.